The number of amides is 1. The second-order valence-electron chi connectivity index (χ2n) is 10.4. The van der Waals surface area contributed by atoms with Crippen LogP contribution in [0.2, 0.25) is 0 Å². The van der Waals surface area contributed by atoms with E-state index in [0.717, 1.165) is 49.4 Å². The van der Waals surface area contributed by atoms with Gasteiger partial charge in [0.25, 0.3) is 5.91 Å². The number of benzene rings is 2. The quantitative estimate of drug-likeness (QED) is 0.458. The molecular formula is C28H36F3N3O2. The van der Waals surface area contributed by atoms with Gasteiger partial charge >= 0.3 is 6.18 Å². The molecule has 2 aromatic carbocycles. The number of fused-ring (bicyclic) bond motifs is 2. The number of likely N-dealkylation sites (tertiary alicyclic amines) is 2. The standard InChI is InChI=1S/C28H36F3N3O2/c1-18-19(2)26(36-14-6-13-32(4)5)12-11-25(18)20(3)33-16-24-15-23(33)17-34(24)27(35)21-7-9-22(10-8-21)28(29,30)31/h7-12,20,23-24H,6,13-17H2,1-5H3/t20-,23?,24?/m0/s1. The van der Waals surface area contributed by atoms with E-state index >= 15 is 0 Å². The van der Waals surface area contributed by atoms with Gasteiger partial charge in [0.2, 0.25) is 0 Å². The largest absolute Gasteiger partial charge is 0.493 e. The first-order valence-corrected chi connectivity index (χ1v) is 12.6. The van der Waals surface area contributed by atoms with Crippen molar-refractivity contribution in [3.8, 4) is 5.75 Å². The Labute approximate surface area is 211 Å². The summed E-state index contributed by atoms with van der Waals surface area (Å²) in [7, 11) is 4.11. The van der Waals surface area contributed by atoms with Gasteiger partial charge in [-0.15, -0.1) is 0 Å². The minimum absolute atomic E-state index is 0.0768. The Morgan fingerprint density at radius 2 is 1.75 bits per heavy atom. The normalized spacial score (nSPS) is 20.9. The van der Waals surface area contributed by atoms with Crippen LogP contribution in [0.3, 0.4) is 0 Å². The van der Waals surface area contributed by atoms with Gasteiger partial charge in [-0.1, -0.05) is 6.07 Å². The van der Waals surface area contributed by atoms with E-state index in [1.807, 2.05) is 4.90 Å². The number of hydrogen-bond donors (Lipinski definition) is 0. The van der Waals surface area contributed by atoms with E-state index in [9.17, 15) is 18.0 Å². The summed E-state index contributed by atoms with van der Waals surface area (Å²) < 4.78 is 44.6. The van der Waals surface area contributed by atoms with Crippen molar-refractivity contribution in [2.75, 3.05) is 40.3 Å². The Morgan fingerprint density at radius 1 is 1.06 bits per heavy atom. The lowest BCUT2D eigenvalue weighted by Crippen LogP contribution is -2.49. The monoisotopic (exact) mass is 503 g/mol. The van der Waals surface area contributed by atoms with Crippen molar-refractivity contribution in [2.24, 2.45) is 0 Å². The highest BCUT2D eigenvalue weighted by atomic mass is 19.4. The molecule has 0 aliphatic carbocycles. The zero-order chi connectivity index (χ0) is 26.2. The van der Waals surface area contributed by atoms with Crippen LogP contribution in [0.1, 0.15) is 58.4 Å². The number of carbonyl (C=O) groups excluding carboxylic acids is 1. The molecule has 0 spiro atoms. The maximum absolute atomic E-state index is 13.0. The fourth-order valence-corrected chi connectivity index (χ4v) is 5.56. The third-order valence-corrected chi connectivity index (χ3v) is 7.74. The van der Waals surface area contributed by atoms with E-state index in [2.05, 4.69) is 56.8 Å². The van der Waals surface area contributed by atoms with E-state index in [1.54, 1.807) is 0 Å². The van der Waals surface area contributed by atoms with Crippen molar-refractivity contribution in [1.29, 1.82) is 0 Å². The Balaban J connectivity index is 1.39. The van der Waals surface area contributed by atoms with Gasteiger partial charge in [-0.25, -0.2) is 0 Å². The Morgan fingerprint density at radius 3 is 2.33 bits per heavy atom. The highest BCUT2D eigenvalue weighted by Crippen LogP contribution is 2.39. The van der Waals surface area contributed by atoms with Gasteiger partial charge in [-0.05, 0) is 94.7 Å². The van der Waals surface area contributed by atoms with E-state index in [0.29, 0.717) is 18.7 Å². The van der Waals surface area contributed by atoms with Crippen LogP contribution in [0.25, 0.3) is 0 Å². The number of halogens is 3. The molecule has 1 amide bonds. The molecule has 0 saturated carbocycles. The summed E-state index contributed by atoms with van der Waals surface area (Å²) in [5, 5.41) is 0. The lowest BCUT2D eigenvalue weighted by molar-refractivity contribution is -0.137. The summed E-state index contributed by atoms with van der Waals surface area (Å²) in [6.07, 6.45) is -2.54. The molecule has 0 N–H and O–H groups in total. The van der Waals surface area contributed by atoms with E-state index in [4.69, 9.17) is 4.74 Å². The Hall–Kier alpha value is -2.58. The maximum Gasteiger partial charge on any atom is 0.416 e. The second kappa shape index (κ2) is 10.4. The molecule has 2 unspecified atom stereocenters. The number of nitrogens with zero attached hydrogens (tertiary/aromatic N) is 3. The molecule has 0 aromatic heterocycles. The van der Waals surface area contributed by atoms with Crippen molar-refractivity contribution < 1.29 is 22.7 Å². The molecule has 4 rings (SSSR count). The molecule has 36 heavy (non-hydrogen) atoms. The van der Waals surface area contributed by atoms with Crippen LogP contribution >= 0.6 is 0 Å². The second-order valence-corrected chi connectivity index (χ2v) is 10.4. The third kappa shape index (κ3) is 5.39. The smallest absolute Gasteiger partial charge is 0.416 e. The number of hydrogen-bond acceptors (Lipinski definition) is 4. The fraction of sp³-hybridized carbons (Fsp3) is 0.536. The fourth-order valence-electron chi connectivity index (χ4n) is 5.56. The molecule has 2 bridgehead atoms. The lowest BCUT2D eigenvalue weighted by atomic mass is 9.96. The van der Waals surface area contributed by atoms with E-state index in [-0.39, 0.29) is 24.0 Å². The van der Waals surface area contributed by atoms with Crippen LogP contribution in [0, 0.1) is 13.8 Å². The van der Waals surface area contributed by atoms with Crippen molar-refractivity contribution in [2.45, 2.75) is 57.9 Å². The van der Waals surface area contributed by atoms with Crippen LogP contribution in [0.15, 0.2) is 36.4 Å². The average molecular weight is 504 g/mol. The molecule has 2 aliphatic rings. The summed E-state index contributed by atoms with van der Waals surface area (Å²) in [5.74, 6) is 0.741. The number of ether oxygens (including phenoxy) is 1. The maximum atomic E-state index is 13.0. The van der Waals surface area contributed by atoms with E-state index in [1.165, 1.54) is 23.3 Å². The first kappa shape index (κ1) is 26.5. The van der Waals surface area contributed by atoms with Gasteiger partial charge < -0.3 is 14.5 Å². The zero-order valence-corrected chi connectivity index (χ0v) is 21.7. The molecule has 2 aromatic rings. The summed E-state index contributed by atoms with van der Waals surface area (Å²) in [6.45, 7) is 9.49. The molecule has 5 nitrogen and oxygen atoms in total. The molecule has 2 heterocycles. The number of alkyl halides is 3. The van der Waals surface area contributed by atoms with Gasteiger partial charge in [0.05, 0.1) is 12.2 Å². The molecule has 2 aliphatic heterocycles. The van der Waals surface area contributed by atoms with E-state index < -0.39 is 11.7 Å². The SMILES string of the molecule is Cc1c(OCCCN(C)C)ccc([C@H](C)N2CC3CC2CN3C(=O)c2ccc(C(F)(F)F)cc2)c1C. The first-order valence-electron chi connectivity index (χ1n) is 12.6. The van der Waals surface area contributed by atoms with Gasteiger partial charge in [-0.3, -0.25) is 9.69 Å². The van der Waals surface area contributed by atoms with Gasteiger partial charge in [0.1, 0.15) is 5.75 Å². The summed E-state index contributed by atoms with van der Waals surface area (Å²) in [4.78, 5) is 19.5. The summed E-state index contributed by atoms with van der Waals surface area (Å²) >= 11 is 0. The molecule has 2 fully saturated rings. The van der Waals surface area contributed by atoms with Crippen LogP contribution in [0.4, 0.5) is 13.2 Å². The molecule has 3 atom stereocenters. The zero-order valence-electron chi connectivity index (χ0n) is 21.7. The van der Waals surface area contributed by atoms with Gasteiger partial charge in [0, 0.05) is 43.3 Å². The predicted octanol–water partition coefficient (Wildman–Crippen LogP) is 5.31. The highest BCUT2D eigenvalue weighted by molar-refractivity contribution is 5.94. The average Bonchev–Trinajstić information content (AvgIpc) is 3.44. The van der Waals surface area contributed by atoms with Crippen LogP contribution in [-0.4, -0.2) is 73.0 Å². The molecule has 8 heteroatoms. The summed E-state index contributed by atoms with van der Waals surface area (Å²) in [6, 6.07) is 9.28. The molecule has 0 radical (unpaired) electrons. The van der Waals surface area contributed by atoms with Crippen molar-refractivity contribution in [3.63, 3.8) is 0 Å². The van der Waals surface area contributed by atoms with Crippen LogP contribution in [0.5, 0.6) is 5.75 Å². The highest BCUT2D eigenvalue weighted by Gasteiger charge is 2.47. The van der Waals surface area contributed by atoms with Crippen LogP contribution in [-0.2, 0) is 6.18 Å². The van der Waals surface area contributed by atoms with Gasteiger partial charge in [-0.2, -0.15) is 13.2 Å². The third-order valence-electron chi connectivity index (χ3n) is 7.74. The minimum Gasteiger partial charge on any atom is -0.493 e. The predicted molar refractivity (Wildman–Crippen MR) is 134 cm³/mol. The number of piperazine rings is 1. The van der Waals surface area contributed by atoms with Crippen molar-refractivity contribution in [3.05, 3.63) is 64.2 Å². The first-order chi connectivity index (χ1) is 17.0. The topological polar surface area (TPSA) is 36.0 Å². The molecule has 196 valence electrons. The minimum atomic E-state index is -4.40. The van der Waals surface area contributed by atoms with Crippen LogP contribution < -0.4 is 4.74 Å². The Bertz CT molecular complexity index is 1080. The number of carbonyl (C=O) groups is 1. The molecular weight excluding hydrogens is 467 g/mol. The van der Waals surface area contributed by atoms with Crippen molar-refractivity contribution >= 4 is 5.91 Å². The lowest BCUT2D eigenvalue weighted by Gasteiger charge is -2.38. The Kier molecular flexibility index (Phi) is 7.67. The van der Waals surface area contributed by atoms with Crippen molar-refractivity contribution in [1.82, 2.24) is 14.7 Å². The van der Waals surface area contributed by atoms with Gasteiger partial charge in [0.15, 0.2) is 0 Å². The summed E-state index contributed by atoms with van der Waals surface area (Å²) in [5.41, 5.74) is 3.22. The molecule has 2 saturated heterocycles. The number of rotatable bonds is 8.